The number of benzene rings is 8. The zero-order valence-electron chi connectivity index (χ0n) is 33.4. The Bertz CT molecular complexity index is 3490. The molecule has 0 saturated carbocycles. The number of para-hydroxylation sites is 2. The second-order valence-electron chi connectivity index (χ2n) is 15.6. The fraction of sp³-hybridized carbons (Fsp3) is 0. The van der Waals surface area contributed by atoms with Gasteiger partial charge in [-0.1, -0.05) is 127 Å². The van der Waals surface area contributed by atoms with Crippen LogP contribution >= 0.6 is 0 Å². The largest absolute Gasteiger partial charge is 0.456 e. The van der Waals surface area contributed by atoms with Crippen LogP contribution in [0.2, 0.25) is 0 Å². The van der Waals surface area contributed by atoms with E-state index in [4.69, 9.17) is 18.8 Å². The summed E-state index contributed by atoms with van der Waals surface area (Å²) in [5.41, 5.74) is 16.7. The van der Waals surface area contributed by atoms with Crippen molar-refractivity contribution >= 4 is 43.9 Å². The highest BCUT2D eigenvalue weighted by atomic mass is 16.3. The maximum Gasteiger partial charge on any atom is 0.160 e. The molecule has 0 atom stereocenters. The van der Waals surface area contributed by atoms with Crippen LogP contribution in [0.25, 0.3) is 122 Å². The lowest BCUT2D eigenvalue weighted by Gasteiger charge is -2.14. The molecule has 0 amide bonds. The van der Waals surface area contributed by atoms with Crippen LogP contribution in [-0.4, -0.2) is 15.0 Å². The molecule has 62 heavy (non-hydrogen) atoms. The van der Waals surface area contributed by atoms with Crippen LogP contribution in [0.3, 0.4) is 0 Å². The standard InChI is InChI=1S/C57H35N3O2/c1-2-10-36(11-3-1)39-12-8-13-42(28-39)52-34-51(38-21-19-37(20-22-38)43-14-9-27-58-35-43)59-57(60-52)46-30-44(40-23-25-55-49(32-40)47-15-4-6-17-53(47)61-55)29-45(31-46)41-24-26-56-50(33-41)48-16-5-7-18-54(48)62-56/h1-35H. The lowest BCUT2D eigenvalue weighted by Crippen LogP contribution is -1.97. The van der Waals surface area contributed by atoms with E-state index >= 15 is 0 Å². The maximum atomic E-state index is 6.25. The predicted molar refractivity (Wildman–Crippen MR) is 252 cm³/mol. The molecule has 0 spiro atoms. The molecule has 0 fully saturated rings. The van der Waals surface area contributed by atoms with Gasteiger partial charge in [-0.3, -0.25) is 4.98 Å². The first kappa shape index (κ1) is 35.5. The molecule has 290 valence electrons. The molecule has 0 aliphatic rings. The summed E-state index contributed by atoms with van der Waals surface area (Å²) in [7, 11) is 0. The van der Waals surface area contributed by atoms with Gasteiger partial charge >= 0.3 is 0 Å². The second-order valence-corrected chi connectivity index (χ2v) is 15.6. The van der Waals surface area contributed by atoms with E-state index in [0.29, 0.717) is 5.82 Å². The topological polar surface area (TPSA) is 65.0 Å². The van der Waals surface area contributed by atoms with Crippen LogP contribution in [0.5, 0.6) is 0 Å². The van der Waals surface area contributed by atoms with Crippen molar-refractivity contribution < 1.29 is 8.83 Å². The van der Waals surface area contributed by atoms with E-state index < -0.39 is 0 Å². The highest BCUT2D eigenvalue weighted by Gasteiger charge is 2.17. The minimum atomic E-state index is 0.631. The Kier molecular flexibility index (Phi) is 8.42. The number of nitrogens with zero attached hydrogens (tertiary/aromatic N) is 3. The average molecular weight is 794 g/mol. The number of hydrogen-bond donors (Lipinski definition) is 0. The molecule has 0 aliphatic carbocycles. The number of fused-ring (bicyclic) bond motifs is 6. The minimum absolute atomic E-state index is 0.631. The molecular weight excluding hydrogens is 759 g/mol. The maximum absolute atomic E-state index is 6.25. The molecule has 12 aromatic rings. The van der Waals surface area contributed by atoms with Gasteiger partial charge < -0.3 is 8.83 Å². The number of pyridine rings is 1. The van der Waals surface area contributed by atoms with Crippen molar-refractivity contribution in [3.05, 3.63) is 213 Å². The van der Waals surface area contributed by atoms with Crippen LogP contribution < -0.4 is 0 Å². The van der Waals surface area contributed by atoms with Crippen molar-refractivity contribution in [1.82, 2.24) is 15.0 Å². The summed E-state index contributed by atoms with van der Waals surface area (Å²) >= 11 is 0. The Labute approximate surface area is 357 Å². The third-order valence-corrected chi connectivity index (χ3v) is 11.8. The van der Waals surface area contributed by atoms with Gasteiger partial charge in [0.1, 0.15) is 22.3 Å². The third-order valence-electron chi connectivity index (χ3n) is 11.8. The molecule has 0 unspecified atom stereocenters. The average Bonchev–Trinajstić information content (AvgIpc) is 3.92. The summed E-state index contributed by atoms with van der Waals surface area (Å²) in [4.78, 5) is 15.1. The summed E-state index contributed by atoms with van der Waals surface area (Å²) in [5.74, 6) is 0.631. The number of furan rings is 2. The van der Waals surface area contributed by atoms with Gasteiger partial charge in [0, 0.05) is 50.6 Å². The number of aromatic nitrogens is 3. The van der Waals surface area contributed by atoms with Crippen LogP contribution in [0, 0.1) is 0 Å². The summed E-state index contributed by atoms with van der Waals surface area (Å²) < 4.78 is 12.5. The molecule has 5 nitrogen and oxygen atoms in total. The highest BCUT2D eigenvalue weighted by Crippen LogP contribution is 2.39. The zero-order valence-corrected chi connectivity index (χ0v) is 33.4. The molecule has 0 bridgehead atoms. The second kappa shape index (κ2) is 14.7. The predicted octanol–water partition coefficient (Wildman–Crippen LogP) is 15.3. The fourth-order valence-corrected chi connectivity index (χ4v) is 8.63. The Morgan fingerprint density at radius 3 is 1.39 bits per heavy atom. The van der Waals surface area contributed by atoms with Gasteiger partial charge in [0.2, 0.25) is 0 Å². The van der Waals surface area contributed by atoms with Gasteiger partial charge in [-0.15, -0.1) is 0 Å². The molecule has 12 rings (SSSR count). The monoisotopic (exact) mass is 793 g/mol. The van der Waals surface area contributed by atoms with Crippen molar-refractivity contribution in [3.63, 3.8) is 0 Å². The van der Waals surface area contributed by atoms with E-state index in [-0.39, 0.29) is 0 Å². The quantitative estimate of drug-likeness (QED) is 0.161. The Balaban J connectivity index is 1.07. The van der Waals surface area contributed by atoms with E-state index in [1.165, 1.54) is 0 Å². The summed E-state index contributed by atoms with van der Waals surface area (Å²) in [6.07, 6.45) is 3.68. The minimum Gasteiger partial charge on any atom is -0.456 e. The highest BCUT2D eigenvalue weighted by molar-refractivity contribution is 6.07. The summed E-state index contributed by atoms with van der Waals surface area (Å²) in [6, 6.07) is 69.8. The molecule has 0 saturated heterocycles. The van der Waals surface area contributed by atoms with Crippen LogP contribution in [0.1, 0.15) is 0 Å². The Hall–Kier alpha value is -8.41. The van der Waals surface area contributed by atoms with Gasteiger partial charge in [0.05, 0.1) is 11.4 Å². The van der Waals surface area contributed by atoms with Crippen molar-refractivity contribution in [2.24, 2.45) is 0 Å². The van der Waals surface area contributed by atoms with Gasteiger partial charge in [-0.2, -0.15) is 0 Å². The third kappa shape index (κ3) is 6.40. The van der Waals surface area contributed by atoms with Gasteiger partial charge in [-0.25, -0.2) is 9.97 Å². The summed E-state index contributed by atoms with van der Waals surface area (Å²) in [5, 5.41) is 4.33. The lowest BCUT2D eigenvalue weighted by molar-refractivity contribution is 0.668. The Morgan fingerprint density at radius 2 is 0.742 bits per heavy atom. The Morgan fingerprint density at radius 1 is 0.274 bits per heavy atom. The molecule has 8 aromatic carbocycles. The first-order valence-electron chi connectivity index (χ1n) is 20.7. The molecule has 0 aliphatic heterocycles. The normalized spacial score (nSPS) is 11.5. The van der Waals surface area contributed by atoms with Crippen molar-refractivity contribution in [1.29, 1.82) is 0 Å². The first-order valence-corrected chi connectivity index (χ1v) is 20.7. The molecule has 4 aromatic heterocycles. The molecular formula is C57H35N3O2. The van der Waals surface area contributed by atoms with Crippen LogP contribution in [-0.2, 0) is 0 Å². The van der Waals surface area contributed by atoms with Gasteiger partial charge in [-0.05, 0) is 117 Å². The van der Waals surface area contributed by atoms with E-state index in [1.807, 2.05) is 42.6 Å². The molecule has 5 heteroatoms. The SMILES string of the molecule is c1ccc(-c2cccc(-c3cc(-c4ccc(-c5cccnc5)cc4)nc(-c4cc(-c5ccc6oc7ccccc7c6c5)cc(-c5ccc6oc7ccccc7c6c5)c4)n3)c2)cc1. The molecule has 0 N–H and O–H groups in total. The smallest absolute Gasteiger partial charge is 0.160 e. The lowest BCUT2D eigenvalue weighted by atomic mass is 9.94. The van der Waals surface area contributed by atoms with E-state index in [1.54, 1.807) is 6.20 Å². The van der Waals surface area contributed by atoms with Crippen LogP contribution in [0.15, 0.2) is 221 Å². The molecule has 0 radical (unpaired) electrons. The van der Waals surface area contributed by atoms with Crippen molar-refractivity contribution in [2.75, 3.05) is 0 Å². The van der Waals surface area contributed by atoms with Crippen molar-refractivity contribution in [3.8, 4) is 78.4 Å². The number of hydrogen-bond acceptors (Lipinski definition) is 5. The van der Waals surface area contributed by atoms with E-state index in [9.17, 15) is 0 Å². The summed E-state index contributed by atoms with van der Waals surface area (Å²) in [6.45, 7) is 0. The van der Waals surface area contributed by atoms with Gasteiger partial charge in [0.25, 0.3) is 0 Å². The van der Waals surface area contributed by atoms with E-state index in [0.717, 1.165) is 116 Å². The van der Waals surface area contributed by atoms with Crippen LogP contribution in [0.4, 0.5) is 0 Å². The van der Waals surface area contributed by atoms with E-state index in [2.05, 4.69) is 169 Å². The zero-order chi connectivity index (χ0) is 41.0. The van der Waals surface area contributed by atoms with Gasteiger partial charge in [0.15, 0.2) is 5.82 Å². The molecule has 4 heterocycles. The fourth-order valence-electron chi connectivity index (χ4n) is 8.63. The van der Waals surface area contributed by atoms with Crippen molar-refractivity contribution in [2.45, 2.75) is 0 Å². The first-order chi connectivity index (χ1) is 30.7. The number of rotatable bonds is 7.